The summed E-state index contributed by atoms with van der Waals surface area (Å²) in [6.07, 6.45) is -0.647. The molecule has 2 rings (SSSR count). The summed E-state index contributed by atoms with van der Waals surface area (Å²) < 4.78 is 15.7. The lowest BCUT2D eigenvalue weighted by Crippen LogP contribution is -2.25. The topological polar surface area (TPSA) is 74.5 Å². The van der Waals surface area contributed by atoms with Gasteiger partial charge in [0.15, 0.2) is 6.10 Å². The zero-order valence-electron chi connectivity index (χ0n) is 11.6. The smallest absolute Gasteiger partial charge is 0.347 e. The summed E-state index contributed by atoms with van der Waals surface area (Å²) in [7, 11) is 0. The van der Waals surface area contributed by atoms with Crippen molar-refractivity contribution < 1.29 is 18.7 Å². The number of rotatable bonds is 5. The molecule has 0 aliphatic heterocycles. The molecule has 1 aromatic carbocycles. The van der Waals surface area contributed by atoms with Crippen LogP contribution < -0.4 is 4.74 Å². The zero-order chi connectivity index (χ0) is 14.5. The Hall–Kier alpha value is -2.37. The van der Waals surface area contributed by atoms with E-state index >= 15 is 0 Å². The van der Waals surface area contributed by atoms with E-state index in [1.54, 1.807) is 45.0 Å². The maximum absolute atomic E-state index is 11.5. The third-order valence-electron chi connectivity index (χ3n) is 2.56. The predicted octanol–water partition coefficient (Wildman–Crippen LogP) is 2.38. The van der Waals surface area contributed by atoms with E-state index in [9.17, 15) is 4.79 Å². The number of aryl methyl sites for hydroxylation is 1. The number of hydrogen-bond donors (Lipinski definition) is 0. The van der Waals surface area contributed by atoms with Gasteiger partial charge in [-0.3, -0.25) is 0 Å². The third kappa shape index (κ3) is 3.34. The Labute approximate surface area is 116 Å². The maximum Gasteiger partial charge on any atom is 0.347 e. The monoisotopic (exact) mass is 276 g/mol. The number of ether oxygens (including phenoxy) is 2. The second-order valence-corrected chi connectivity index (χ2v) is 4.16. The molecule has 0 fully saturated rings. The Balaban J connectivity index is 2.03. The molecule has 0 unspecified atom stereocenters. The Morgan fingerprint density at radius 3 is 2.55 bits per heavy atom. The van der Waals surface area contributed by atoms with Gasteiger partial charge in [0, 0.05) is 12.5 Å². The molecular weight excluding hydrogens is 260 g/mol. The second kappa shape index (κ2) is 6.18. The van der Waals surface area contributed by atoms with Crippen LogP contribution in [0.25, 0.3) is 11.5 Å². The van der Waals surface area contributed by atoms with Crippen LogP contribution in [0.15, 0.2) is 28.7 Å². The fourth-order valence-corrected chi connectivity index (χ4v) is 1.60. The van der Waals surface area contributed by atoms with Crippen molar-refractivity contribution >= 4 is 5.97 Å². The van der Waals surface area contributed by atoms with Crippen molar-refractivity contribution in [2.24, 2.45) is 0 Å². The number of aromatic nitrogens is 2. The van der Waals surface area contributed by atoms with Crippen molar-refractivity contribution in [2.75, 3.05) is 6.61 Å². The average molecular weight is 276 g/mol. The first-order valence-corrected chi connectivity index (χ1v) is 6.34. The van der Waals surface area contributed by atoms with Crippen LogP contribution in [0.1, 0.15) is 19.7 Å². The molecule has 0 aliphatic carbocycles. The highest BCUT2D eigenvalue weighted by atomic mass is 16.6. The van der Waals surface area contributed by atoms with Gasteiger partial charge in [-0.15, -0.1) is 10.2 Å². The van der Waals surface area contributed by atoms with Gasteiger partial charge in [-0.05, 0) is 38.1 Å². The predicted molar refractivity (Wildman–Crippen MR) is 71.2 cm³/mol. The van der Waals surface area contributed by atoms with Crippen LogP contribution in [0, 0.1) is 6.92 Å². The van der Waals surface area contributed by atoms with Crippen LogP contribution in [0.3, 0.4) is 0 Å². The Morgan fingerprint density at radius 2 is 2.00 bits per heavy atom. The Morgan fingerprint density at radius 1 is 1.30 bits per heavy atom. The minimum atomic E-state index is -0.647. The average Bonchev–Trinajstić information content (AvgIpc) is 2.86. The first kappa shape index (κ1) is 14.0. The second-order valence-electron chi connectivity index (χ2n) is 4.16. The maximum atomic E-state index is 11.5. The third-order valence-corrected chi connectivity index (χ3v) is 2.56. The van der Waals surface area contributed by atoms with E-state index in [2.05, 4.69) is 10.2 Å². The summed E-state index contributed by atoms with van der Waals surface area (Å²) in [6, 6.07) is 7.06. The summed E-state index contributed by atoms with van der Waals surface area (Å²) in [5.41, 5.74) is 0.793. The van der Waals surface area contributed by atoms with Gasteiger partial charge in [0.1, 0.15) is 5.75 Å². The molecule has 0 N–H and O–H groups in total. The quantitative estimate of drug-likeness (QED) is 0.780. The SMILES string of the molecule is CCOC(=O)[C@H](C)Oc1ccc(-c2nnc(C)o2)cc1. The molecule has 0 bridgehead atoms. The van der Waals surface area contributed by atoms with Crippen LogP contribution in [-0.4, -0.2) is 28.9 Å². The largest absolute Gasteiger partial charge is 0.479 e. The molecule has 0 saturated heterocycles. The van der Waals surface area contributed by atoms with Gasteiger partial charge in [-0.25, -0.2) is 4.79 Å². The highest BCUT2D eigenvalue weighted by Gasteiger charge is 2.15. The minimum Gasteiger partial charge on any atom is -0.479 e. The zero-order valence-corrected chi connectivity index (χ0v) is 11.6. The first-order valence-electron chi connectivity index (χ1n) is 6.34. The minimum absolute atomic E-state index is 0.335. The number of esters is 1. The summed E-state index contributed by atoms with van der Waals surface area (Å²) >= 11 is 0. The van der Waals surface area contributed by atoms with E-state index in [1.807, 2.05) is 0 Å². The van der Waals surface area contributed by atoms with Crippen LogP contribution in [0.2, 0.25) is 0 Å². The van der Waals surface area contributed by atoms with E-state index in [4.69, 9.17) is 13.9 Å². The highest BCUT2D eigenvalue weighted by Crippen LogP contribution is 2.21. The molecule has 1 heterocycles. The molecule has 106 valence electrons. The van der Waals surface area contributed by atoms with Crippen LogP contribution >= 0.6 is 0 Å². The Kier molecular flexibility index (Phi) is 4.34. The fraction of sp³-hybridized carbons (Fsp3) is 0.357. The lowest BCUT2D eigenvalue weighted by molar-refractivity contribution is -0.150. The van der Waals surface area contributed by atoms with E-state index < -0.39 is 6.10 Å². The summed E-state index contributed by atoms with van der Waals surface area (Å²) in [6.45, 7) is 5.47. The molecule has 0 spiro atoms. The van der Waals surface area contributed by atoms with Crippen LogP contribution in [0.5, 0.6) is 5.75 Å². The van der Waals surface area contributed by atoms with Crippen molar-refractivity contribution in [3.05, 3.63) is 30.2 Å². The normalized spacial score (nSPS) is 11.9. The van der Waals surface area contributed by atoms with Gasteiger partial charge in [0.2, 0.25) is 11.8 Å². The molecule has 0 aliphatic rings. The molecule has 6 heteroatoms. The van der Waals surface area contributed by atoms with E-state index in [-0.39, 0.29) is 5.97 Å². The molecule has 0 radical (unpaired) electrons. The fourth-order valence-electron chi connectivity index (χ4n) is 1.60. The van der Waals surface area contributed by atoms with Gasteiger partial charge in [-0.2, -0.15) is 0 Å². The van der Waals surface area contributed by atoms with Gasteiger partial charge in [-0.1, -0.05) is 0 Å². The molecule has 0 amide bonds. The van der Waals surface area contributed by atoms with Crippen molar-refractivity contribution in [2.45, 2.75) is 26.9 Å². The lowest BCUT2D eigenvalue weighted by atomic mass is 10.2. The summed E-state index contributed by atoms with van der Waals surface area (Å²) in [5, 5.41) is 7.70. The number of carbonyl (C=O) groups excluding carboxylic acids is 1. The highest BCUT2D eigenvalue weighted by molar-refractivity contribution is 5.74. The molecule has 1 atom stereocenters. The molecule has 6 nitrogen and oxygen atoms in total. The van der Waals surface area contributed by atoms with Crippen molar-refractivity contribution in [3.63, 3.8) is 0 Å². The van der Waals surface area contributed by atoms with Crippen LogP contribution in [-0.2, 0) is 9.53 Å². The van der Waals surface area contributed by atoms with Crippen LogP contribution in [0.4, 0.5) is 0 Å². The lowest BCUT2D eigenvalue weighted by Gasteiger charge is -2.13. The number of nitrogens with zero attached hydrogens (tertiary/aromatic N) is 2. The number of hydrogen-bond acceptors (Lipinski definition) is 6. The van der Waals surface area contributed by atoms with Crippen molar-refractivity contribution in [1.82, 2.24) is 10.2 Å². The molecule has 0 saturated carbocycles. The van der Waals surface area contributed by atoms with Gasteiger partial charge < -0.3 is 13.9 Å². The first-order chi connectivity index (χ1) is 9.60. The molecule has 1 aromatic heterocycles. The van der Waals surface area contributed by atoms with Crippen molar-refractivity contribution in [3.8, 4) is 17.2 Å². The van der Waals surface area contributed by atoms with Gasteiger partial charge >= 0.3 is 5.97 Å². The van der Waals surface area contributed by atoms with E-state index in [1.165, 1.54) is 0 Å². The van der Waals surface area contributed by atoms with E-state index in [0.29, 0.717) is 24.1 Å². The molecule has 20 heavy (non-hydrogen) atoms. The van der Waals surface area contributed by atoms with E-state index in [0.717, 1.165) is 5.56 Å². The Bertz CT molecular complexity index is 577. The van der Waals surface area contributed by atoms with Gasteiger partial charge in [0.05, 0.1) is 6.61 Å². The van der Waals surface area contributed by atoms with Gasteiger partial charge in [0.25, 0.3) is 0 Å². The summed E-state index contributed by atoms with van der Waals surface area (Å²) in [4.78, 5) is 11.5. The summed E-state index contributed by atoms with van der Waals surface area (Å²) in [5.74, 6) is 1.15. The number of benzene rings is 1. The molecule has 2 aromatic rings. The molecular formula is C14H16N2O4. The standard InChI is InChI=1S/C14H16N2O4/c1-4-18-14(17)9(2)19-12-7-5-11(6-8-12)13-16-15-10(3)20-13/h5-9H,4H2,1-3H3/t9-/m0/s1. The van der Waals surface area contributed by atoms with Crippen molar-refractivity contribution in [1.29, 1.82) is 0 Å². The number of carbonyl (C=O) groups is 1.